The molecule has 6 nitrogen and oxygen atoms in total. The Kier molecular flexibility index (Phi) is 7.01. The van der Waals surface area contributed by atoms with Gasteiger partial charge in [0.1, 0.15) is 11.6 Å². The molecule has 0 bridgehead atoms. The van der Waals surface area contributed by atoms with E-state index < -0.39 is 0 Å². The molecule has 2 aromatic rings. The van der Waals surface area contributed by atoms with Gasteiger partial charge in [0.25, 0.3) is 5.91 Å². The molecule has 0 aliphatic heterocycles. The molecule has 2 aromatic carbocycles. The predicted molar refractivity (Wildman–Crippen MR) is 101 cm³/mol. The third-order valence-electron chi connectivity index (χ3n) is 4.26. The van der Waals surface area contributed by atoms with Crippen LogP contribution in [0.5, 0.6) is 17.2 Å². The fraction of sp³-hybridized carbons (Fsp3) is 0.350. The standard InChI is InChI=1S/C20H25FN2O4/c1-23(2)16(13-7-6-8-14(21)9-13)12-22-20(24)15-10-18(26-4)19(27-5)11-17(15)25-3/h6-11,16H,12H2,1-5H3,(H,22,24). The molecule has 1 amide bonds. The van der Waals surface area contributed by atoms with E-state index in [0.717, 1.165) is 5.56 Å². The lowest BCUT2D eigenvalue weighted by atomic mass is 10.1. The molecule has 0 aromatic heterocycles. The van der Waals surface area contributed by atoms with Crippen molar-refractivity contribution in [1.29, 1.82) is 0 Å². The van der Waals surface area contributed by atoms with Crippen molar-refractivity contribution in [1.82, 2.24) is 10.2 Å². The Balaban J connectivity index is 2.23. The van der Waals surface area contributed by atoms with Crippen molar-refractivity contribution < 1.29 is 23.4 Å². The summed E-state index contributed by atoms with van der Waals surface area (Å²) in [7, 11) is 8.24. The summed E-state index contributed by atoms with van der Waals surface area (Å²) in [6, 6.07) is 9.33. The third-order valence-corrected chi connectivity index (χ3v) is 4.26. The number of halogens is 1. The predicted octanol–water partition coefficient (Wildman–Crippen LogP) is 2.88. The first-order valence-corrected chi connectivity index (χ1v) is 8.41. The number of carbonyl (C=O) groups excluding carboxylic acids is 1. The molecular formula is C20H25FN2O4. The highest BCUT2D eigenvalue weighted by atomic mass is 19.1. The highest BCUT2D eigenvalue weighted by Crippen LogP contribution is 2.34. The van der Waals surface area contributed by atoms with E-state index in [4.69, 9.17) is 14.2 Å². The molecule has 1 unspecified atom stereocenters. The molecule has 1 N–H and O–H groups in total. The van der Waals surface area contributed by atoms with Crippen molar-refractivity contribution in [3.05, 3.63) is 53.3 Å². The van der Waals surface area contributed by atoms with Crippen LogP contribution in [0.3, 0.4) is 0 Å². The monoisotopic (exact) mass is 376 g/mol. The first-order chi connectivity index (χ1) is 12.9. The maximum Gasteiger partial charge on any atom is 0.255 e. The van der Waals surface area contributed by atoms with E-state index in [-0.39, 0.29) is 17.8 Å². The Bertz CT molecular complexity index is 796. The maximum atomic E-state index is 13.6. The number of nitrogens with one attached hydrogen (secondary N) is 1. The molecule has 0 heterocycles. The minimum absolute atomic E-state index is 0.184. The lowest BCUT2D eigenvalue weighted by Crippen LogP contribution is -2.34. The van der Waals surface area contributed by atoms with Crippen molar-refractivity contribution in [2.24, 2.45) is 0 Å². The van der Waals surface area contributed by atoms with E-state index in [0.29, 0.717) is 29.4 Å². The zero-order chi connectivity index (χ0) is 20.0. The number of hydrogen-bond donors (Lipinski definition) is 1. The number of carbonyl (C=O) groups is 1. The summed E-state index contributed by atoms with van der Waals surface area (Å²) in [6.45, 7) is 0.298. The number of likely N-dealkylation sites (N-methyl/N-ethyl adjacent to an activating group) is 1. The van der Waals surface area contributed by atoms with Gasteiger partial charge in [0.05, 0.1) is 32.9 Å². The Labute approximate surface area is 158 Å². The quantitative estimate of drug-likeness (QED) is 0.768. The van der Waals surface area contributed by atoms with Crippen molar-refractivity contribution in [3.63, 3.8) is 0 Å². The van der Waals surface area contributed by atoms with Gasteiger partial charge in [-0.25, -0.2) is 4.39 Å². The van der Waals surface area contributed by atoms with Gasteiger partial charge in [-0.15, -0.1) is 0 Å². The number of amides is 1. The Hall–Kier alpha value is -2.80. The maximum absolute atomic E-state index is 13.6. The van der Waals surface area contributed by atoms with Crippen LogP contribution in [0.15, 0.2) is 36.4 Å². The molecule has 0 aliphatic carbocycles. The Morgan fingerprint density at radius 2 is 1.67 bits per heavy atom. The van der Waals surface area contributed by atoms with Crippen molar-refractivity contribution in [2.75, 3.05) is 42.0 Å². The summed E-state index contributed by atoms with van der Waals surface area (Å²) in [5, 5.41) is 2.88. The van der Waals surface area contributed by atoms with Crippen LogP contribution in [0.4, 0.5) is 4.39 Å². The largest absolute Gasteiger partial charge is 0.496 e. The van der Waals surface area contributed by atoms with Crippen LogP contribution < -0.4 is 19.5 Å². The van der Waals surface area contributed by atoms with Crippen LogP contribution >= 0.6 is 0 Å². The van der Waals surface area contributed by atoms with Crippen molar-refractivity contribution in [2.45, 2.75) is 6.04 Å². The second kappa shape index (κ2) is 9.23. The van der Waals surface area contributed by atoms with Crippen LogP contribution in [0, 0.1) is 5.82 Å². The number of hydrogen-bond acceptors (Lipinski definition) is 5. The van der Waals surface area contributed by atoms with Gasteiger partial charge in [0, 0.05) is 18.7 Å². The summed E-state index contributed by atoms with van der Waals surface area (Å²) in [6.07, 6.45) is 0. The van der Waals surface area contributed by atoms with E-state index in [1.165, 1.54) is 33.5 Å². The fourth-order valence-electron chi connectivity index (χ4n) is 2.80. The van der Waals surface area contributed by atoms with Gasteiger partial charge >= 0.3 is 0 Å². The Morgan fingerprint density at radius 1 is 1.04 bits per heavy atom. The topological polar surface area (TPSA) is 60.0 Å². The summed E-state index contributed by atoms with van der Waals surface area (Å²) in [4.78, 5) is 14.7. The van der Waals surface area contributed by atoms with Crippen LogP contribution in [-0.4, -0.2) is 52.8 Å². The minimum Gasteiger partial charge on any atom is -0.496 e. The molecule has 7 heteroatoms. The third kappa shape index (κ3) is 4.89. The first-order valence-electron chi connectivity index (χ1n) is 8.41. The van der Waals surface area contributed by atoms with Gasteiger partial charge in [0.15, 0.2) is 11.5 Å². The first kappa shape index (κ1) is 20.5. The second-order valence-electron chi connectivity index (χ2n) is 6.15. The normalized spacial score (nSPS) is 11.8. The van der Waals surface area contributed by atoms with E-state index in [2.05, 4.69) is 5.32 Å². The van der Waals surface area contributed by atoms with Crippen LogP contribution in [0.1, 0.15) is 22.0 Å². The SMILES string of the molecule is COc1cc(OC)c(C(=O)NCC(c2cccc(F)c2)N(C)C)cc1OC. The average molecular weight is 376 g/mol. The molecule has 2 rings (SSSR count). The molecule has 0 saturated carbocycles. The summed E-state index contributed by atoms with van der Waals surface area (Å²) in [5.41, 5.74) is 1.10. The van der Waals surface area contributed by atoms with Gasteiger partial charge in [-0.1, -0.05) is 12.1 Å². The molecule has 146 valence electrons. The number of ether oxygens (including phenoxy) is 3. The zero-order valence-corrected chi connectivity index (χ0v) is 16.2. The van der Waals surface area contributed by atoms with E-state index in [9.17, 15) is 9.18 Å². The van der Waals surface area contributed by atoms with Crippen molar-refractivity contribution in [3.8, 4) is 17.2 Å². The summed E-state index contributed by atoms with van der Waals surface area (Å²) in [5.74, 6) is 0.634. The zero-order valence-electron chi connectivity index (χ0n) is 16.2. The molecule has 1 atom stereocenters. The number of nitrogens with zero attached hydrogens (tertiary/aromatic N) is 1. The van der Waals surface area contributed by atoms with E-state index in [1.54, 1.807) is 18.2 Å². The molecule has 0 fully saturated rings. The van der Waals surface area contributed by atoms with E-state index in [1.807, 2.05) is 25.1 Å². The van der Waals surface area contributed by atoms with Gasteiger partial charge in [0.2, 0.25) is 0 Å². The minimum atomic E-state index is -0.323. The second-order valence-corrected chi connectivity index (χ2v) is 6.15. The molecule has 27 heavy (non-hydrogen) atoms. The number of benzene rings is 2. The highest BCUT2D eigenvalue weighted by molar-refractivity contribution is 5.97. The molecule has 0 aliphatic rings. The lowest BCUT2D eigenvalue weighted by Gasteiger charge is -2.25. The van der Waals surface area contributed by atoms with Crippen LogP contribution in [-0.2, 0) is 0 Å². The van der Waals surface area contributed by atoms with E-state index >= 15 is 0 Å². The summed E-state index contributed by atoms with van der Waals surface area (Å²) < 4.78 is 29.4. The van der Waals surface area contributed by atoms with Gasteiger partial charge < -0.3 is 24.4 Å². The smallest absolute Gasteiger partial charge is 0.255 e. The van der Waals surface area contributed by atoms with Crippen molar-refractivity contribution >= 4 is 5.91 Å². The number of rotatable bonds is 8. The van der Waals surface area contributed by atoms with Gasteiger partial charge in [-0.05, 0) is 31.8 Å². The lowest BCUT2D eigenvalue weighted by molar-refractivity contribution is 0.0938. The van der Waals surface area contributed by atoms with Gasteiger partial charge in [-0.3, -0.25) is 4.79 Å². The van der Waals surface area contributed by atoms with Crippen LogP contribution in [0.2, 0.25) is 0 Å². The molecule has 0 saturated heterocycles. The fourth-order valence-corrected chi connectivity index (χ4v) is 2.80. The molecular weight excluding hydrogens is 351 g/mol. The summed E-state index contributed by atoms with van der Waals surface area (Å²) >= 11 is 0. The highest BCUT2D eigenvalue weighted by Gasteiger charge is 2.20. The van der Waals surface area contributed by atoms with Gasteiger partial charge in [-0.2, -0.15) is 0 Å². The average Bonchev–Trinajstić information content (AvgIpc) is 2.66. The Morgan fingerprint density at radius 3 is 2.22 bits per heavy atom. The molecule has 0 radical (unpaired) electrons. The number of methoxy groups -OCH3 is 3. The molecule has 0 spiro atoms. The van der Waals surface area contributed by atoms with Crippen LogP contribution in [0.25, 0.3) is 0 Å².